The highest BCUT2D eigenvalue weighted by Gasteiger charge is 2.29. The molecule has 1 amide bonds. The molecule has 0 aliphatic carbocycles. The molecular formula is C24H25N3O6S. The van der Waals surface area contributed by atoms with Crippen molar-refractivity contribution in [1.82, 2.24) is 5.43 Å². The zero-order chi connectivity index (χ0) is 24.7. The number of nitrogens with one attached hydrogen (secondary N) is 1. The first-order valence-electron chi connectivity index (χ1n) is 10.2. The van der Waals surface area contributed by atoms with Crippen LogP contribution in [0.25, 0.3) is 0 Å². The van der Waals surface area contributed by atoms with E-state index < -0.39 is 22.5 Å². The molecule has 3 aromatic rings. The van der Waals surface area contributed by atoms with Crippen LogP contribution in [-0.4, -0.2) is 46.4 Å². The Balaban J connectivity index is 1.89. The largest absolute Gasteiger partial charge is 0.504 e. The second kappa shape index (κ2) is 10.7. The first kappa shape index (κ1) is 24.6. The zero-order valence-electron chi connectivity index (χ0n) is 18.9. The molecule has 10 heteroatoms. The van der Waals surface area contributed by atoms with Crippen molar-refractivity contribution in [2.24, 2.45) is 5.10 Å². The second-order valence-corrected chi connectivity index (χ2v) is 9.09. The summed E-state index contributed by atoms with van der Waals surface area (Å²) in [6, 6.07) is 17.4. The predicted octanol–water partition coefficient (Wildman–Crippen LogP) is 3.06. The summed E-state index contributed by atoms with van der Waals surface area (Å²) < 4.78 is 38.3. The van der Waals surface area contributed by atoms with Gasteiger partial charge in [0.05, 0.1) is 31.0 Å². The number of aromatic hydroxyl groups is 1. The molecule has 3 rings (SSSR count). The molecule has 3 aromatic carbocycles. The van der Waals surface area contributed by atoms with Crippen LogP contribution in [0.15, 0.2) is 76.7 Å². The topological polar surface area (TPSA) is 118 Å². The molecule has 34 heavy (non-hydrogen) atoms. The fourth-order valence-corrected chi connectivity index (χ4v) is 4.58. The van der Waals surface area contributed by atoms with E-state index in [1.807, 2.05) is 6.92 Å². The fourth-order valence-electron chi connectivity index (χ4n) is 3.13. The monoisotopic (exact) mass is 483 g/mol. The maximum absolute atomic E-state index is 13.5. The van der Waals surface area contributed by atoms with Gasteiger partial charge >= 0.3 is 0 Å². The minimum absolute atomic E-state index is 0.0300. The number of rotatable bonds is 9. The Labute approximate surface area is 198 Å². The number of amides is 1. The van der Waals surface area contributed by atoms with Gasteiger partial charge in [0.25, 0.3) is 15.9 Å². The lowest BCUT2D eigenvalue weighted by molar-refractivity contribution is -0.119. The van der Waals surface area contributed by atoms with Crippen LogP contribution < -0.4 is 19.2 Å². The summed E-state index contributed by atoms with van der Waals surface area (Å²) in [7, 11) is -1.25. The minimum atomic E-state index is -4.09. The van der Waals surface area contributed by atoms with Crippen molar-refractivity contribution in [3.05, 3.63) is 77.9 Å². The van der Waals surface area contributed by atoms with E-state index in [0.717, 1.165) is 9.87 Å². The van der Waals surface area contributed by atoms with Gasteiger partial charge in [-0.15, -0.1) is 0 Å². The van der Waals surface area contributed by atoms with Crippen molar-refractivity contribution in [1.29, 1.82) is 0 Å². The summed E-state index contributed by atoms with van der Waals surface area (Å²) in [4.78, 5) is 12.8. The Hall–Kier alpha value is -4.05. The van der Waals surface area contributed by atoms with Gasteiger partial charge in [0.15, 0.2) is 11.5 Å². The number of benzene rings is 3. The van der Waals surface area contributed by atoms with E-state index in [9.17, 15) is 18.3 Å². The summed E-state index contributed by atoms with van der Waals surface area (Å²) >= 11 is 0. The van der Waals surface area contributed by atoms with Crippen molar-refractivity contribution in [3.8, 4) is 17.2 Å². The number of ether oxygens (including phenoxy) is 2. The van der Waals surface area contributed by atoms with Crippen molar-refractivity contribution < 1.29 is 27.8 Å². The Kier molecular flexibility index (Phi) is 7.75. The average molecular weight is 484 g/mol. The summed E-state index contributed by atoms with van der Waals surface area (Å²) in [5.41, 5.74) is 3.92. The van der Waals surface area contributed by atoms with Crippen LogP contribution in [0.5, 0.6) is 17.2 Å². The Bertz CT molecular complexity index is 1290. The number of hydrazone groups is 1. The van der Waals surface area contributed by atoms with Gasteiger partial charge < -0.3 is 14.6 Å². The number of aryl methyl sites for hydroxylation is 1. The average Bonchev–Trinajstić information content (AvgIpc) is 2.84. The number of phenolic OH excluding ortho intramolecular Hbond substituents is 1. The molecule has 0 unspecified atom stereocenters. The van der Waals surface area contributed by atoms with Crippen LogP contribution >= 0.6 is 0 Å². The second-order valence-electron chi connectivity index (χ2n) is 7.22. The SMILES string of the molecule is COc1cc(/C=N\NC(=O)CN(c2cc(C)ccc2OC)S(=O)(=O)c2ccccc2)ccc1O. The first-order chi connectivity index (χ1) is 16.3. The highest BCUT2D eigenvalue weighted by atomic mass is 32.2. The maximum atomic E-state index is 13.5. The molecular weight excluding hydrogens is 458 g/mol. The van der Waals surface area contributed by atoms with Gasteiger partial charge in [-0.1, -0.05) is 24.3 Å². The molecule has 9 nitrogen and oxygen atoms in total. The fraction of sp³-hybridized carbons (Fsp3) is 0.167. The molecule has 0 bridgehead atoms. The van der Waals surface area contributed by atoms with Gasteiger partial charge in [0, 0.05) is 0 Å². The highest BCUT2D eigenvalue weighted by molar-refractivity contribution is 7.92. The number of hydrogen-bond acceptors (Lipinski definition) is 7. The standard InChI is InChI=1S/C24H25N3O6S/c1-17-9-12-22(32-2)20(13-17)27(34(30,31)19-7-5-4-6-8-19)16-24(29)26-25-15-18-10-11-21(28)23(14-18)33-3/h4-15,28H,16H2,1-3H3,(H,26,29)/b25-15-. The Morgan fingerprint density at radius 3 is 2.41 bits per heavy atom. The lowest BCUT2D eigenvalue weighted by Crippen LogP contribution is -2.39. The number of hydrogen-bond donors (Lipinski definition) is 2. The molecule has 0 radical (unpaired) electrons. The Morgan fingerprint density at radius 1 is 1.03 bits per heavy atom. The molecule has 0 atom stereocenters. The summed E-state index contributed by atoms with van der Waals surface area (Å²) in [6.07, 6.45) is 1.35. The number of carbonyl (C=O) groups excluding carboxylic acids is 1. The number of phenols is 1. The van der Waals surface area contributed by atoms with E-state index in [1.165, 1.54) is 44.7 Å². The van der Waals surface area contributed by atoms with Crippen molar-refractivity contribution >= 4 is 27.8 Å². The zero-order valence-corrected chi connectivity index (χ0v) is 19.7. The quantitative estimate of drug-likeness (QED) is 0.357. The van der Waals surface area contributed by atoms with Gasteiger partial charge in [-0.25, -0.2) is 13.8 Å². The van der Waals surface area contributed by atoms with Crippen molar-refractivity contribution in [2.45, 2.75) is 11.8 Å². The molecule has 0 aromatic heterocycles. The van der Waals surface area contributed by atoms with E-state index in [-0.39, 0.29) is 22.1 Å². The smallest absolute Gasteiger partial charge is 0.264 e. The van der Waals surface area contributed by atoms with E-state index in [1.54, 1.807) is 42.5 Å². The molecule has 0 heterocycles. The van der Waals surface area contributed by atoms with Gasteiger partial charge in [0.2, 0.25) is 0 Å². The van der Waals surface area contributed by atoms with Gasteiger partial charge in [-0.3, -0.25) is 9.10 Å². The normalized spacial score (nSPS) is 11.3. The van der Waals surface area contributed by atoms with Crippen molar-refractivity contribution in [3.63, 3.8) is 0 Å². The number of carbonyl (C=O) groups is 1. The molecule has 0 saturated heterocycles. The number of methoxy groups -OCH3 is 2. The van der Waals surface area contributed by atoms with Crippen LogP contribution in [0.2, 0.25) is 0 Å². The van der Waals surface area contributed by atoms with E-state index in [0.29, 0.717) is 11.3 Å². The first-order valence-corrected chi connectivity index (χ1v) is 11.6. The van der Waals surface area contributed by atoms with E-state index in [4.69, 9.17) is 9.47 Å². The lowest BCUT2D eigenvalue weighted by atomic mass is 10.2. The molecule has 0 saturated carbocycles. The third-order valence-electron chi connectivity index (χ3n) is 4.83. The summed E-state index contributed by atoms with van der Waals surface area (Å²) in [5, 5.41) is 13.6. The third-order valence-corrected chi connectivity index (χ3v) is 6.60. The molecule has 0 spiro atoms. The van der Waals surface area contributed by atoms with Gasteiger partial charge in [-0.05, 0) is 60.5 Å². The molecule has 2 N–H and O–H groups in total. The van der Waals surface area contributed by atoms with E-state index in [2.05, 4.69) is 10.5 Å². The van der Waals surface area contributed by atoms with Crippen LogP contribution in [0.1, 0.15) is 11.1 Å². The maximum Gasteiger partial charge on any atom is 0.264 e. The van der Waals surface area contributed by atoms with Crippen LogP contribution in [0, 0.1) is 6.92 Å². The lowest BCUT2D eigenvalue weighted by Gasteiger charge is -2.25. The van der Waals surface area contributed by atoms with Crippen LogP contribution in [0.4, 0.5) is 5.69 Å². The highest BCUT2D eigenvalue weighted by Crippen LogP contribution is 2.33. The summed E-state index contributed by atoms with van der Waals surface area (Å²) in [5.74, 6) is -0.137. The Morgan fingerprint density at radius 2 is 1.74 bits per heavy atom. The summed E-state index contributed by atoms with van der Waals surface area (Å²) in [6.45, 7) is 1.28. The molecule has 0 fully saturated rings. The van der Waals surface area contributed by atoms with Crippen LogP contribution in [0.3, 0.4) is 0 Å². The number of anilines is 1. The van der Waals surface area contributed by atoms with Gasteiger partial charge in [0.1, 0.15) is 12.3 Å². The third kappa shape index (κ3) is 5.65. The molecule has 0 aliphatic rings. The van der Waals surface area contributed by atoms with E-state index >= 15 is 0 Å². The van der Waals surface area contributed by atoms with Crippen LogP contribution in [-0.2, 0) is 14.8 Å². The minimum Gasteiger partial charge on any atom is -0.504 e. The molecule has 178 valence electrons. The van der Waals surface area contributed by atoms with Gasteiger partial charge in [-0.2, -0.15) is 5.10 Å². The number of sulfonamides is 1. The predicted molar refractivity (Wildman–Crippen MR) is 129 cm³/mol. The number of nitrogens with zero attached hydrogens (tertiary/aromatic N) is 2. The molecule has 0 aliphatic heterocycles. The van der Waals surface area contributed by atoms with Crippen molar-refractivity contribution in [2.75, 3.05) is 25.1 Å².